The molecule has 0 aromatic heterocycles. The number of benzene rings is 1. The maximum Gasteiger partial charge on any atom is 0.338 e. The molecule has 0 aliphatic heterocycles. The molecule has 0 N–H and O–H groups in total. The molecule has 0 bridgehead atoms. The number of non-ortho nitro benzene ring substituents is 2. The predicted octanol–water partition coefficient (Wildman–Crippen LogP) is 2.97. The minimum Gasteiger partial charge on any atom is -0.458 e. The lowest BCUT2D eigenvalue weighted by molar-refractivity contribution is -0.394. The fraction of sp³-hybridized carbons (Fsp3) is 0.375. The molecule has 132 valence electrons. The summed E-state index contributed by atoms with van der Waals surface area (Å²) in [6.07, 6.45) is 3.84. The molecule has 0 spiro atoms. The second-order valence-electron chi connectivity index (χ2n) is 5.67. The van der Waals surface area contributed by atoms with E-state index in [2.05, 4.69) is 0 Å². The van der Waals surface area contributed by atoms with E-state index < -0.39 is 33.3 Å². The van der Waals surface area contributed by atoms with Crippen LogP contribution in [0, 0.1) is 26.1 Å². The molecule has 2 atom stereocenters. The van der Waals surface area contributed by atoms with E-state index in [4.69, 9.17) is 4.74 Å². The molecule has 0 heterocycles. The number of Topliss-reactive ketones (excluding diaryl/α,β-unsaturated/α-hetero) is 1. The van der Waals surface area contributed by atoms with E-state index in [0.717, 1.165) is 18.2 Å². The Labute approximate surface area is 142 Å². The Balaban J connectivity index is 2.26. The number of rotatable bonds is 5. The number of hydrogen-bond donors (Lipinski definition) is 0. The van der Waals surface area contributed by atoms with Crippen LogP contribution >= 0.6 is 0 Å². The molecule has 1 saturated carbocycles. The number of carbonyl (C=O) groups excluding carboxylic acids is 2. The number of nitrogens with zero attached hydrogens (tertiary/aromatic N) is 2. The van der Waals surface area contributed by atoms with E-state index in [-0.39, 0.29) is 30.1 Å². The van der Waals surface area contributed by atoms with Gasteiger partial charge in [-0.05, 0) is 13.3 Å². The Morgan fingerprint density at radius 3 is 2.32 bits per heavy atom. The Kier molecular flexibility index (Phi) is 5.58. The highest BCUT2D eigenvalue weighted by atomic mass is 16.6. The summed E-state index contributed by atoms with van der Waals surface area (Å²) in [7, 11) is 0. The van der Waals surface area contributed by atoms with Gasteiger partial charge in [-0.3, -0.25) is 25.0 Å². The zero-order valence-corrected chi connectivity index (χ0v) is 13.4. The smallest absolute Gasteiger partial charge is 0.338 e. The van der Waals surface area contributed by atoms with Crippen molar-refractivity contribution in [2.75, 3.05) is 0 Å². The van der Waals surface area contributed by atoms with Crippen molar-refractivity contribution in [2.24, 2.45) is 5.92 Å². The summed E-state index contributed by atoms with van der Waals surface area (Å²) in [6.45, 7) is 1.78. The van der Waals surface area contributed by atoms with Gasteiger partial charge in [0.25, 0.3) is 11.4 Å². The summed E-state index contributed by atoms with van der Waals surface area (Å²) in [5.74, 6) is -1.09. The van der Waals surface area contributed by atoms with E-state index >= 15 is 0 Å². The number of hydrogen-bond acceptors (Lipinski definition) is 7. The third-order valence-electron chi connectivity index (χ3n) is 3.91. The molecule has 0 radical (unpaired) electrons. The molecule has 0 amide bonds. The van der Waals surface area contributed by atoms with Crippen molar-refractivity contribution in [3.63, 3.8) is 0 Å². The number of esters is 1. The highest BCUT2D eigenvalue weighted by Crippen LogP contribution is 2.28. The fourth-order valence-corrected chi connectivity index (χ4v) is 2.73. The maximum absolute atomic E-state index is 12.3. The van der Waals surface area contributed by atoms with Gasteiger partial charge >= 0.3 is 5.97 Å². The van der Waals surface area contributed by atoms with Gasteiger partial charge in [0.1, 0.15) is 11.9 Å². The second kappa shape index (κ2) is 7.65. The number of nitro benzene ring substituents is 2. The Hall–Kier alpha value is -3.10. The van der Waals surface area contributed by atoms with Crippen LogP contribution in [-0.4, -0.2) is 27.7 Å². The number of nitro groups is 2. The van der Waals surface area contributed by atoms with Crippen LogP contribution in [0.1, 0.15) is 36.5 Å². The molecule has 9 heteroatoms. The Morgan fingerprint density at radius 2 is 1.80 bits per heavy atom. The van der Waals surface area contributed by atoms with Crippen LogP contribution in [0.3, 0.4) is 0 Å². The zero-order valence-electron chi connectivity index (χ0n) is 13.4. The van der Waals surface area contributed by atoms with Crippen molar-refractivity contribution in [3.05, 3.63) is 56.1 Å². The Morgan fingerprint density at radius 1 is 1.20 bits per heavy atom. The van der Waals surface area contributed by atoms with Crippen LogP contribution in [0.4, 0.5) is 11.4 Å². The minimum atomic E-state index is -0.888. The fourth-order valence-electron chi connectivity index (χ4n) is 2.73. The van der Waals surface area contributed by atoms with Crippen molar-refractivity contribution < 1.29 is 24.2 Å². The molecule has 1 fully saturated rings. The van der Waals surface area contributed by atoms with Crippen LogP contribution in [0.5, 0.6) is 0 Å². The van der Waals surface area contributed by atoms with E-state index in [0.29, 0.717) is 6.42 Å². The molecular formula is C16H16N2O7. The highest BCUT2D eigenvalue weighted by Gasteiger charge is 2.31. The first-order valence-corrected chi connectivity index (χ1v) is 7.61. The van der Waals surface area contributed by atoms with Crippen molar-refractivity contribution in [3.8, 4) is 0 Å². The lowest BCUT2D eigenvalue weighted by atomic mass is 9.85. The third kappa shape index (κ3) is 4.46. The molecule has 1 aliphatic carbocycles. The topological polar surface area (TPSA) is 130 Å². The lowest BCUT2D eigenvalue weighted by Gasteiger charge is -2.28. The molecule has 1 aromatic carbocycles. The number of ether oxygens (including phenoxy) is 1. The summed E-state index contributed by atoms with van der Waals surface area (Å²) in [5, 5.41) is 21.8. The van der Waals surface area contributed by atoms with Crippen molar-refractivity contribution in [2.45, 2.75) is 32.3 Å². The van der Waals surface area contributed by atoms with Gasteiger partial charge in [-0.25, -0.2) is 4.79 Å². The Bertz CT molecular complexity index is 725. The standard InChI is InChI=1S/C16H16N2O7/c1-2-3-10-8-14(19)4-5-15(10)25-16(20)11-6-12(17(21)22)9-13(7-11)18(23)24/h2-3,6-7,9-10,15H,4-5,8H2,1H3/b3-2-/t10-,15+/m0/s1. The first-order valence-electron chi connectivity index (χ1n) is 7.61. The van der Waals surface area contributed by atoms with E-state index in [1.54, 1.807) is 19.1 Å². The lowest BCUT2D eigenvalue weighted by Crippen LogP contribution is -2.32. The molecule has 2 rings (SSSR count). The molecule has 0 saturated heterocycles. The van der Waals surface area contributed by atoms with Crippen molar-refractivity contribution in [1.29, 1.82) is 0 Å². The predicted molar refractivity (Wildman–Crippen MR) is 86.1 cm³/mol. The third-order valence-corrected chi connectivity index (χ3v) is 3.91. The van der Waals surface area contributed by atoms with Crippen LogP contribution in [0.15, 0.2) is 30.4 Å². The molecular weight excluding hydrogens is 332 g/mol. The second-order valence-corrected chi connectivity index (χ2v) is 5.67. The van der Waals surface area contributed by atoms with Gasteiger partial charge in [0.2, 0.25) is 0 Å². The molecule has 1 aromatic rings. The van der Waals surface area contributed by atoms with Crippen LogP contribution < -0.4 is 0 Å². The van der Waals surface area contributed by atoms with E-state index in [9.17, 15) is 29.8 Å². The summed E-state index contributed by atoms with van der Waals surface area (Å²) >= 11 is 0. The molecule has 9 nitrogen and oxygen atoms in total. The van der Waals surface area contributed by atoms with Gasteiger partial charge in [0.15, 0.2) is 0 Å². The van der Waals surface area contributed by atoms with Gasteiger partial charge < -0.3 is 4.74 Å². The number of allylic oxidation sites excluding steroid dienone is 1. The van der Waals surface area contributed by atoms with E-state index in [1.807, 2.05) is 0 Å². The van der Waals surface area contributed by atoms with Crippen LogP contribution in [-0.2, 0) is 9.53 Å². The normalized spacial score (nSPS) is 20.4. The number of ketones is 1. The summed E-state index contributed by atoms with van der Waals surface area (Å²) in [4.78, 5) is 44.1. The highest BCUT2D eigenvalue weighted by molar-refractivity contribution is 5.91. The van der Waals surface area contributed by atoms with Crippen LogP contribution in [0.2, 0.25) is 0 Å². The van der Waals surface area contributed by atoms with Crippen molar-refractivity contribution >= 4 is 23.1 Å². The minimum absolute atomic E-state index is 0.0707. The number of carbonyl (C=O) groups is 2. The van der Waals surface area contributed by atoms with Crippen molar-refractivity contribution in [1.82, 2.24) is 0 Å². The average molecular weight is 348 g/mol. The molecule has 0 unspecified atom stereocenters. The summed E-state index contributed by atoms with van der Waals surface area (Å²) < 4.78 is 5.37. The zero-order chi connectivity index (χ0) is 18.6. The molecule has 25 heavy (non-hydrogen) atoms. The molecule has 1 aliphatic rings. The van der Waals surface area contributed by atoms with Crippen LogP contribution in [0.25, 0.3) is 0 Å². The first-order chi connectivity index (χ1) is 11.8. The summed E-state index contributed by atoms with van der Waals surface area (Å²) in [5.41, 5.74) is -1.40. The monoisotopic (exact) mass is 348 g/mol. The van der Waals surface area contributed by atoms with Gasteiger partial charge in [-0.15, -0.1) is 0 Å². The van der Waals surface area contributed by atoms with Gasteiger partial charge in [0.05, 0.1) is 21.5 Å². The SMILES string of the molecule is C/C=C\[C@H]1CC(=O)CC[C@H]1OC(=O)c1cc([N+](=O)[O-])cc([N+](=O)[O-])c1. The van der Waals surface area contributed by atoms with Gasteiger partial charge in [-0.2, -0.15) is 0 Å². The largest absolute Gasteiger partial charge is 0.458 e. The van der Waals surface area contributed by atoms with Gasteiger partial charge in [-0.1, -0.05) is 12.2 Å². The average Bonchev–Trinajstić information content (AvgIpc) is 2.57. The maximum atomic E-state index is 12.3. The van der Waals surface area contributed by atoms with E-state index in [1.165, 1.54) is 0 Å². The first kappa shape index (κ1) is 18.2. The van der Waals surface area contributed by atoms with Gasteiger partial charge in [0, 0.05) is 30.9 Å². The quantitative estimate of drug-likeness (QED) is 0.346. The summed E-state index contributed by atoms with van der Waals surface area (Å²) in [6, 6.07) is 2.65.